The molecule has 4 nitrogen and oxygen atoms in total. The minimum atomic E-state index is -0.187. The molecule has 2 N–H and O–H groups in total. The fraction of sp³-hybridized carbons (Fsp3) is 0.444. The van der Waals surface area contributed by atoms with Gasteiger partial charge in [-0.05, 0) is 57.4 Å². The molecule has 0 aliphatic rings. The van der Waals surface area contributed by atoms with Gasteiger partial charge in [-0.3, -0.25) is 9.59 Å². The third kappa shape index (κ3) is 4.45. The quantitative estimate of drug-likeness (QED) is 0.816. The Hall–Kier alpha value is -1.66. The Balaban J connectivity index is 1.88. The maximum atomic E-state index is 12.2. The van der Waals surface area contributed by atoms with Crippen LogP contribution in [0.1, 0.15) is 55.3 Å². The second-order valence-electron chi connectivity index (χ2n) is 5.91. The number of aryl methyl sites for hydroxylation is 4. The van der Waals surface area contributed by atoms with Gasteiger partial charge in [0.25, 0.3) is 5.91 Å². The van der Waals surface area contributed by atoms with Gasteiger partial charge in [-0.2, -0.15) is 0 Å². The second-order valence-corrected chi connectivity index (χ2v) is 8.51. The summed E-state index contributed by atoms with van der Waals surface area (Å²) in [5, 5.41) is 5.64. The highest BCUT2D eigenvalue weighted by Crippen LogP contribution is 2.26. The van der Waals surface area contributed by atoms with Crippen molar-refractivity contribution in [2.75, 3.05) is 6.54 Å². The lowest BCUT2D eigenvalue weighted by Crippen LogP contribution is -2.37. The Kier molecular flexibility index (Phi) is 6.18. The number of hydrogen-bond acceptors (Lipinski definition) is 4. The third-order valence-corrected chi connectivity index (χ3v) is 6.26. The summed E-state index contributed by atoms with van der Waals surface area (Å²) in [6, 6.07) is 3.93. The molecule has 2 aromatic rings. The standard InChI is InChI=1S/C18H24N2O2S2/c1-6-15-10(2)7-16(24-15)18(22)19-9-17(21)20-12(4)14-8-11(3)23-13(14)5/h7-8,12H,6,9H2,1-5H3,(H,19,22)(H,20,21). The molecule has 0 saturated carbocycles. The summed E-state index contributed by atoms with van der Waals surface area (Å²) in [5.41, 5.74) is 2.27. The molecule has 0 spiro atoms. The van der Waals surface area contributed by atoms with Crippen LogP contribution >= 0.6 is 22.7 Å². The van der Waals surface area contributed by atoms with E-state index in [2.05, 4.69) is 37.5 Å². The molecule has 0 saturated heterocycles. The minimum absolute atomic E-state index is 0.0102. The van der Waals surface area contributed by atoms with E-state index in [4.69, 9.17) is 0 Å². The first-order valence-electron chi connectivity index (χ1n) is 8.05. The zero-order chi connectivity index (χ0) is 17.9. The molecule has 2 amide bonds. The summed E-state index contributed by atoms with van der Waals surface area (Å²) in [4.78, 5) is 28.6. The topological polar surface area (TPSA) is 58.2 Å². The van der Waals surface area contributed by atoms with E-state index in [1.54, 1.807) is 11.3 Å². The maximum Gasteiger partial charge on any atom is 0.261 e. The van der Waals surface area contributed by atoms with Crippen molar-refractivity contribution in [2.24, 2.45) is 0 Å². The lowest BCUT2D eigenvalue weighted by molar-refractivity contribution is -0.120. The monoisotopic (exact) mass is 364 g/mol. The molecule has 2 heterocycles. The van der Waals surface area contributed by atoms with Gasteiger partial charge in [0.15, 0.2) is 0 Å². The number of rotatable bonds is 6. The van der Waals surface area contributed by atoms with Crippen LogP contribution in [0, 0.1) is 20.8 Å². The molecule has 0 aliphatic carbocycles. The van der Waals surface area contributed by atoms with Gasteiger partial charge in [-0.15, -0.1) is 22.7 Å². The van der Waals surface area contributed by atoms with Gasteiger partial charge in [0.05, 0.1) is 17.5 Å². The van der Waals surface area contributed by atoms with Gasteiger partial charge in [0, 0.05) is 14.6 Å². The van der Waals surface area contributed by atoms with Gasteiger partial charge < -0.3 is 10.6 Å². The first-order valence-corrected chi connectivity index (χ1v) is 9.68. The lowest BCUT2D eigenvalue weighted by atomic mass is 10.1. The molecular formula is C18H24N2O2S2. The van der Waals surface area contributed by atoms with Gasteiger partial charge in [-0.1, -0.05) is 6.92 Å². The highest BCUT2D eigenvalue weighted by atomic mass is 32.1. The predicted molar refractivity (Wildman–Crippen MR) is 101 cm³/mol. The summed E-state index contributed by atoms with van der Waals surface area (Å²) in [6.45, 7) is 10.1. The fourth-order valence-electron chi connectivity index (χ4n) is 2.68. The van der Waals surface area contributed by atoms with Gasteiger partial charge in [0.1, 0.15) is 0 Å². The predicted octanol–water partition coefficient (Wildman–Crippen LogP) is 3.90. The van der Waals surface area contributed by atoms with Gasteiger partial charge in [0.2, 0.25) is 5.91 Å². The van der Waals surface area contributed by atoms with E-state index in [-0.39, 0.29) is 24.4 Å². The van der Waals surface area contributed by atoms with E-state index >= 15 is 0 Å². The molecule has 0 bridgehead atoms. The molecule has 1 unspecified atom stereocenters. The van der Waals surface area contributed by atoms with E-state index in [0.717, 1.165) is 17.5 Å². The van der Waals surface area contributed by atoms with Crippen LogP contribution in [0.5, 0.6) is 0 Å². The molecule has 0 aliphatic heterocycles. The highest BCUT2D eigenvalue weighted by Gasteiger charge is 2.16. The van der Waals surface area contributed by atoms with Crippen LogP contribution in [-0.2, 0) is 11.2 Å². The molecule has 1 atom stereocenters. The van der Waals surface area contributed by atoms with Crippen LogP contribution in [0.25, 0.3) is 0 Å². The van der Waals surface area contributed by atoms with Crippen molar-refractivity contribution < 1.29 is 9.59 Å². The molecule has 0 radical (unpaired) electrons. The Morgan fingerprint density at radius 1 is 1.17 bits per heavy atom. The molecule has 0 aromatic carbocycles. The van der Waals surface area contributed by atoms with E-state index in [1.165, 1.54) is 26.0 Å². The Morgan fingerprint density at radius 2 is 1.88 bits per heavy atom. The minimum Gasteiger partial charge on any atom is -0.348 e. The average Bonchev–Trinajstić information content (AvgIpc) is 3.06. The number of amides is 2. The van der Waals surface area contributed by atoms with Crippen molar-refractivity contribution in [1.29, 1.82) is 0 Å². The van der Waals surface area contributed by atoms with Crippen molar-refractivity contribution in [3.05, 3.63) is 42.8 Å². The highest BCUT2D eigenvalue weighted by molar-refractivity contribution is 7.14. The van der Waals surface area contributed by atoms with Crippen LogP contribution in [0.15, 0.2) is 12.1 Å². The average molecular weight is 365 g/mol. The smallest absolute Gasteiger partial charge is 0.261 e. The van der Waals surface area contributed by atoms with Crippen LogP contribution < -0.4 is 10.6 Å². The fourth-order valence-corrected chi connectivity index (χ4v) is 4.73. The number of carbonyl (C=O) groups is 2. The summed E-state index contributed by atoms with van der Waals surface area (Å²) in [7, 11) is 0. The van der Waals surface area contributed by atoms with Gasteiger partial charge >= 0.3 is 0 Å². The number of carbonyl (C=O) groups excluding carboxylic acids is 2. The first kappa shape index (κ1) is 18.7. The normalized spacial score (nSPS) is 12.0. The second kappa shape index (κ2) is 7.94. The lowest BCUT2D eigenvalue weighted by Gasteiger charge is -2.14. The van der Waals surface area contributed by atoms with E-state index in [1.807, 2.05) is 19.9 Å². The zero-order valence-electron chi connectivity index (χ0n) is 14.8. The molecule has 2 rings (SSSR count). The summed E-state index contributed by atoms with van der Waals surface area (Å²) in [6.07, 6.45) is 0.918. The van der Waals surface area contributed by atoms with Crippen LogP contribution in [0.3, 0.4) is 0 Å². The number of hydrogen-bond donors (Lipinski definition) is 2. The largest absolute Gasteiger partial charge is 0.348 e. The summed E-state index contributed by atoms with van der Waals surface area (Å²) >= 11 is 3.22. The summed E-state index contributed by atoms with van der Waals surface area (Å²) in [5.74, 6) is -0.365. The molecule has 24 heavy (non-hydrogen) atoms. The number of thiophene rings is 2. The molecule has 2 aromatic heterocycles. The Morgan fingerprint density at radius 3 is 2.42 bits per heavy atom. The zero-order valence-corrected chi connectivity index (χ0v) is 16.4. The van der Waals surface area contributed by atoms with Crippen LogP contribution in [0.4, 0.5) is 0 Å². The van der Waals surface area contributed by atoms with Crippen molar-refractivity contribution in [3.63, 3.8) is 0 Å². The molecule has 6 heteroatoms. The number of nitrogens with one attached hydrogen (secondary N) is 2. The van der Waals surface area contributed by atoms with Crippen molar-refractivity contribution in [3.8, 4) is 0 Å². The van der Waals surface area contributed by atoms with Crippen molar-refractivity contribution in [2.45, 2.75) is 47.1 Å². The summed E-state index contributed by atoms with van der Waals surface area (Å²) < 4.78 is 0. The van der Waals surface area contributed by atoms with Crippen LogP contribution in [-0.4, -0.2) is 18.4 Å². The van der Waals surface area contributed by atoms with Crippen molar-refractivity contribution in [1.82, 2.24) is 10.6 Å². The molecular weight excluding hydrogens is 340 g/mol. The van der Waals surface area contributed by atoms with E-state index in [9.17, 15) is 9.59 Å². The SMILES string of the molecule is CCc1sc(C(=O)NCC(=O)NC(C)c2cc(C)sc2C)cc1C. The van der Waals surface area contributed by atoms with E-state index in [0.29, 0.717) is 4.88 Å². The third-order valence-electron chi connectivity index (χ3n) is 3.90. The Labute approximate surface area is 151 Å². The maximum absolute atomic E-state index is 12.2. The van der Waals surface area contributed by atoms with Crippen molar-refractivity contribution >= 4 is 34.5 Å². The van der Waals surface area contributed by atoms with Gasteiger partial charge in [-0.25, -0.2) is 0 Å². The molecule has 130 valence electrons. The first-order chi connectivity index (χ1) is 11.3. The molecule has 0 fully saturated rings. The van der Waals surface area contributed by atoms with E-state index < -0.39 is 0 Å². The van der Waals surface area contributed by atoms with Crippen LogP contribution in [0.2, 0.25) is 0 Å². The Bertz CT molecular complexity index is 746.